The lowest BCUT2D eigenvalue weighted by Gasteiger charge is -2.14. The lowest BCUT2D eigenvalue weighted by atomic mass is 10.1. The van der Waals surface area contributed by atoms with Crippen LogP contribution in [0.15, 0.2) is 30.3 Å². The minimum absolute atomic E-state index is 0.0235. The molecule has 0 aliphatic rings. The second-order valence-corrected chi connectivity index (χ2v) is 5.20. The number of amides is 1. The van der Waals surface area contributed by atoms with Gasteiger partial charge in [-0.05, 0) is 6.07 Å². The molecule has 0 aliphatic carbocycles. The van der Waals surface area contributed by atoms with Crippen LogP contribution < -0.4 is 19.5 Å². The zero-order valence-corrected chi connectivity index (χ0v) is 14.4. The molecular formula is C16H15ClN2O6. The Bertz CT molecular complexity index is 799. The van der Waals surface area contributed by atoms with E-state index in [2.05, 4.69) is 5.32 Å². The average molecular weight is 367 g/mol. The van der Waals surface area contributed by atoms with E-state index in [1.807, 2.05) is 0 Å². The number of rotatable bonds is 6. The van der Waals surface area contributed by atoms with Gasteiger partial charge in [0.25, 0.3) is 11.6 Å². The molecule has 132 valence electrons. The SMILES string of the molecule is COc1cc(NC(=O)c2cc([N+](=O)[O-])ccc2Cl)cc(OC)c1OC. The third-order valence-corrected chi connectivity index (χ3v) is 3.66. The Morgan fingerprint density at radius 1 is 1.08 bits per heavy atom. The molecule has 0 saturated heterocycles. The number of non-ortho nitro benzene ring substituents is 1. The van der Waals surface area contributed by atoms with Crippen LogP contribution in [0.5, 0.6) is 17.2 Å². The fourth-order valence-electron chi connectivity index (χ4n) is 2.15. The van der Waals surface area contributed by atoms with E-state index in [1.54, 1.807) is 0 Å². The largest absolute Gasteiger partial charge is 0.493 e. The van der Waals surface area contributed by atoms with Crippen LogP contribution in [-0.4, -0.2) is 32.2 Å². The molecule has 0 spiro atoms. The number of hydrogen-bond donors (Lipinski definition) is 1. The molecule has 25 heavy (non-hydrogen) atoms. The predicted molar refractivity (Wildman–Crippen MR) is 92.2 cm³/mol. The van der Waals surface area contributed by atoms with Crippen LogP contribution in [0.1, 0.15) is 10.4 Å². The molecule has 2 aromatic rings. The fourth-order valence-corrected chi connectivity index (χ4v) is 2.36. The molecule has 2 aromatic carbocycles. The average Bonchev–Trinajstić information content (AvgIpc) is 2.60. The van der Waals surface area contributed by atoms with E-state index in [0.29, 0.717) is 22.9 Å². The van der Waals surface area contributed by atoms with Crippen LogP contribution in [0, 0.1) is 10.1 Å². The van der Waals surface area contributed by atoms with Gasteiger partial charge in [-0.3, -0.25) is 14.9 Å². The first kappa shape index (κ1) is 18.3. The normalized spacial score (nSPS) is 10.1. The maximum Gasteiger partial charge on any atom is 0.270 e. The highest BCUT2D eigenvalue weighted by atomic mass is 35.5. The van der Waals surface area contributed by atoms with Crippen molar-refractivity contribution in [3.05, 3.63) is 51.0 Å². The van der Waals surface area contributed by atoms with Crippen molar-refractivity contribution < 1.29 is 23.9 Å². The van der Waals surface area contributed by atoms with Crippen molar-refractivity contribution in [3.63, 3.8) is 0 Å². The van der Waals surface area contributed by atoms with E-state index in [4.69, 9.17) is 25.8 Å². The second-order valence-electron chi connectivity index (χ2n) is 4.79. The number of anilines is 1. The van der Waals surface area contributed by atoms with Gasteiger partial charge < -0.3 is 19.5 Å². The predicted octanol–water partition coefficient (Wildman–Crippen LogP) is 3.53. The third kappa shape index (κ3) is 3.92. The Labute approximate surface area is 148 Å². The van der Waals surface area contributed by atoms with Gasteiger partial charge in [-0.1, -0.05) is 11.6 Å². The van der Waals surface area contributed by atoms with E-state index >= 15 is 0 Å². The number of methoxy groups -OCH3 is 3. The van der Waals surface area contributed by atoms with Gasteiger partial charge >= 0.3 is 0 Å². The monoisotopic (exact) mass is 366 g/mol. The molecule has 0 fully saturated rings. The number of nitro groups is 1. The summed E-state index contributed by atoms with van der Waals surface area (Å²) in [5.41, 5.74) is 0.0890. The van der Waals surface area contributed by atoms with Crippen molar-refractivity contribution in [2.75, 3.05) is 26.6 Å². The number of nitrogens with one attached hydrogen (secondary N) is 1. The van der Waals surface area contributed by atoms with Gasteiger partial charge in [0, 0.05) is 30.0 Å². The fraction of sp³-hybridized carbons (Fsp3) is 0.188. The van der Waals surface area contributed by atoms with Crippen LogP contribution in [0.3, 0.4) is 0 Å². The Morgan fingerprint density at radius 2 is 1.68 bits per heavy atom. The standard InChI is InChI=1S/C16H15ClN2O6/c1-23-13-6-9(7-14(24-2)15(13)25-3)18-16(20)11-8-10(19(21)22)4-5-12(11)17/h4-8H,1-3H3,(H,18,20). The van der Waals surface area contributed by atoms with Crippen LogP contribution in [0.4, 0.5) is 11.4 Å². The number of hydrogen-bond acceptors (Lipinski definition) is 6. The summed E-state index contributed by atoms with van der Waals surface area (Å²) >= 11 is 5.97. The Morgan fingerprint density at radius 3 is 2.16 bits per heavy atom. The number of nitro benzene ring substituents is 1. The molecular weight excluding hydrogens is 352 g/mol. The molecule has 0 aromatic heterocycles. The lowest BCUT2D eigenvalue weighted by molar-refractivity contribution is -0.384. The minimum atomic E-state index is -0.608. The highest BCUT2D eigenvalue weighted by molar-refractivity contribution is 6.34. The van der Waals surface area contributed by atoms with Crippen molar-refractivity contribution in [2.45, 2.75) is 0 Å². The van der Waals surface area contributed by atoms with Crippen LogP contribution in [0.25, 0.3) is 0 Å². The molecule has 1 amide bonds. The first-order chi connectivity index (χ1) is 11.9. The quantitative estimate of drug-likeness (QED) is 0.620. The van der Waals surface area contributed by atoms with E-state index in [1.165, 1.54) is 45.6 Å². The maximum atomic E-state index is 12.4. The van der Waals surface area contributed by atoms with Crippen molar-refractivity contribution in [1.29, 1.82) is 0 Å². The topological polar surface area (TPSA) is 99.9 Å². The number of carbonyl (C=O) groups is 1. The number of carbonyl (C=O) groups excluding carboxylic acids is 1. The van der Waals surface area contributed by atoms with Gasteiger partial charge in [-0.15, -0.1) is 0 Å². The first-order valence-electron chi connectivity index (χ1n) is 6.96. The number of halogens is 1. The van der Waals surface area contributed by atoms with Gasteiger partial charge in [-0.2, -0.15) is 0 Å². The maximum absolute atomic E-state index is 12.4. The molecule has 0 bridgehead atoms. The molecule has 0 heterocycles. The number of ether oxygens (including phenoxy) is 3. The van der Waals surface area contributed by atoms with Gasteiger partial charge in [0.1, 0.15) is 0 Å². The van der Waals surface area contributed by atoms with Gasteiger partial charge in [0.15, 0.2) is 11.5 Å². The van der Waals surface area contributed by atoms with Crippen molar-refractivity contribution in [1.82, 2.24) is 0 Å². The third-order valence-electron chi connectivity index (χ3n) is 3.33. The van der Waals surface area contributed by atoms with Crippen molar-refractivity contribution >= 4 is 28.9 Å². The molecule has 1 N–H and O–H groups in total. The van der Waals surface area contributed by atoms with E-state index in [9.17, 15) is 14.9 Å². The highest BCUT2D eigenvalue weighted by Crippen LogP contribution is 2.40. The Kier molecular flexibility index (Phi) is 5.66. The molecule has 0 unspecified atom stereocenters. The first-order valence-corrected chi connectivity index (χ1v) is 7.34. The number of benzene rings is 2. The van der Waals surface area contributed by atoms with Crippen molar-refractivity contribution in [2.24, 2.45) is 0 Å². The summed E-state index contributed by atoms with van der Waals surface area (Å²) in [4.78, 5) is 22.7. The van der Waals surface area contributed by atoms with Gasteiger partial charge in [-0.25, -0.2) is 0 Å². The van der Waals surface area contributed by atoms with Crippen LogP contribution in [0.2, 0.25) is 5.02 Å². The zero-order chi connectivity index (χ0) is 18.6. The van der Waals surface area contributed by atoms with E-state index < -0.39 is 10.8 Å². The zero-order valence-electron chi connectivity index (χ0n) is 13.7. The minimum Gasteiger partial charge on any atom is -0.493 e. The molecule has 0 saturated carbocycles. The smallest absolute Gasteiger partial charge is 0.270 e. The Hall–Kier alpha value is -3.00. The second kappa shape index (κ2) is 7.71. The highest BCUT2D eigenvalue weighted by Gasteiger charge is 2.18. The Balaban J connectivity index is 2.38. The molecule has 2 rings (SSSR count). The van der Waals surface area contributed by atoms with Gasteiger partial charge in [0.2, 0.25) is 5.75 Å². The summed E-state index contributed by atoms with van der Waals surface area (Å²) in [5.74, 6) is 0.462. The van der Waals surface area contributed by atoms with Crippen LogP contribution in [-0.2, 0) is 0 Å². The molecule has 9 heteroatoms. The summed E-state index contributed by atoms with van der Waals surface area (Å²) in [5, 5.41) is 13.6. The lowest BCUT2D eigenvalue weighted by Crippen LogP contribution is -2.13. The summed E-state index contributed by atoms with van der Waals surface area (Å²) in [6.07, 6.45) is 0. The molecule has 0 aliphatic heterocycles. The molecule has 0 atom stereocenters. The van der Waals surface area contributed by atoms with Gasteiger partial charge in [0.05, 0.1) is 36.8 Å². The summed E-state index contributed by atoms with van der Waals surface area (Å²) in [7, 11) is 4.35. The van der Waals surface area contributed by atoms with E-state index in [-0.39, 0.29) is 16.3 Å². The molecule has 8 nitrogen and oxygen atoms in total. The van der Waals surface area contributed by atoms with Crippen LogP contribution >= 0.6 is 11.6 Å². The summed E-state index contributed by atoms with van der Waals surface area (Å²) < 4.78 is 15.6. The summed E-state index contributed by atoms with van der Waals surface area (Å²) in [6, 6.07) is 6.69. The summed E-state index contributed by atoms with van der Waals surface area (Å²) in [6.45, 7) is 0. The van der Waals surface area contributed by atoms with Crippen molar-refractivity contribution in [3.8, 4) is 17.2 Å². The molecule has 0 radical (unpaired) electrons. The number of nitrogens with zero attached hydrogens (tertiary/aromatic N) is 1. The van der Waals surface area contributed by atoms with E-state index in [0.717, 1.165) is 6.07 Å².